The SMILES string of the molecule is OCc1cn(CCc2ccc(Cl)cc2Cl)nn1. The first-order valence-corrected chi connectivity index (χ1v) is 5.88. The maximum Gasteiger partial charge on any atom is 0.108 e. The van der Waals surface area contributed by atoms with Gasteiger partial charge in [-0.15, -0.1) is 5.10 Å². The monoisotopic (exact) mass is 271 g/mol. The molecule has 4 nitrogen and oxygen atoms in total. The van der Waals surface area contributed by atoms with E-state index in [1.807, 2.05) is 12.1 Å². The van der Waals surface area contributed by atoms with Gasteiger partial charge in [0, 0.05) is 16.6 Å². The smallest absolute Gasteiger partial charge is 0.108 e. The lowest BCUT2D eigenvalue weighted by Crippen LogP contribution is -2.02. The Bertz CT molecular complexity index is 513. The summed E-state index contributed by atoms with van der Waals surface area (Å²) < 4.78 is 1.68. The Hall–Kier alpha value is -1.10. The van der Waals surface area contributed by atoms with Crippen LogP contribution in [0.3, 0.4) is 0 Å². The lowest BCUT2D eigenvalue weighted by molar-refractivity contribution is 0.276. The van der Waals surface area contributed by atoms with E-state index >= 15 is 0 Å². The van der Waals surface area contributed by atoms with Crippen molar-refractivity contribution in [1.29, 1.82) is 0 Å². The Morgan fingerprint density at radius 3 is 2.76 bits per heavy atom. The van der Waals surface area contributed by atoms with Crippen molar-refractivity contribution in [3.05, 3.63) is 45.7 Å². The highest BCUT2D eigenvalue weighted by atomic mass is 35.5. The van der Waals surface area contributed by atoms with E-state index in [4.69, 9.17) is 28.3 Å². The highest BCUT2D eigenvalue weighted by molar-refractivity contribution is 6.35. The van der Waals surface area contributed by atoms with Crippen molar-refractivity contribution in [3.63, 3.8) is 0 Å². The first kappa shape index (κ1) is 12.4. The highest BCUT2D eigenvalue weighted by Gasteiger charge is 2.03. The summed E-state index contributed by atoms with van der Waals surface area (Å²) in [4.78, 5) is 0. The van der Waals surface area contributed by atoms with Gasteiger partial charge in [0.15, 0.2) is 0 Å². The predicted octanol–water partition coefficient (Wildman–Crippen LogP) is 2.32. The minimum Gasteiger partial charge on any atom is -0.390 e. The van der Waals surface area contributed by atoms with Crippen molar-refractivity contribution in [2.24, 2.45) is 0 Å². The summed E-state index contributed by atoms with van der Waals surface area (Å²) >= 11 is 11.9. The fourth-order valence-corrected chi connectivity index (χ4v) is 1.98. The van der Waals surface area contributed by atoms with Crippen LogP contribution in [0.5, 0.6) is 0 Å². The van der Waals surface area contributed by atoms with E-state index in [1.165, 1.54) is 0 Å². The molecule has 1 aromatic carbocycles. The van der Waals surface area contributed by atoms with Gasteiger partial charge in [0.2, 0.25) is 0 Å². The summed E-state index contributed by atoms with van der Waals surface area (Å²) in [6.45, 7) is 0.566. The fourth-order valence-electron chi connectivity index (χ4n) is 1.48. The van der Waals surface area contributed by atoms with Crippen molar-refractivity contribution in [2.75, 3.05) is 0 Å². The van der Waals surface area contributed by atoms with Gasteiger partial charge in [-0.2, -0.15) is 0 Å². The molecule has 0 fully saturated rings. The Kier molecular flexibility index (Phi) is 3.99. The number of benzene rings is 1. The summed E-state index contributed by atoms with van der Waals surface area (Å²) in [7, 11) is 0. The van der Waals surface area contributed by atoms with Crippen LogP contribution < -0.4 is 0 Å². The number of nitrogens with zero attached hydrogens (tertiary/aromatic N) is 3. The summed E-state index contributed by atoms with van der Waals surface area (Å²) in [5.74, 6) is 0. The Morgan fingerprint density at radius 2 is 2.12 bits per heavy atom. The molecule has 0 atom stereocenters. The molecule has 0 aliphatic heterocycles. The van der Waals surface area contributed by atoms with E-state index in [0.29, 0.717) is 22.3 Å². The molecule has 0 aliphatic rings. The third-order valence-electron chi connectivity index (χ3n) is 2.37. The molecule has 0 spiro atoms. The molecule has 0 unspecified atom stereocenters. The number of aromatic nitrogens is 3. The lowest BCUT2D eigenvalue weighted by Gasteiger charge is -2.04. The minimum absolute atomic E-state index is 0.0955. The van der Waals surface area contributed by atoms with Crippen LogP contribution in [0.2, 0.25) is 10.0 Å². The normalized spacial score (nSPS) is 10.8. The van der Waals surface area contributed by atoms with Crippen LogP contribution >= 0.6 is 23.2 Å². The third kappa shape index (κ3) is 3.19. The average Bonchev–Trinajstić information content (AvgIpc) is 2.76. The molecule has 6 heteroatoms. The van der Waals surface area contributed by atoms with Gasteiger partial charge in [0.1, 0.15) is 5.69 Å². The van der Waals surface area contributed by atoms with Crippen LogP contribution in [0.15, 0.2) is 24.4 Å². The van der Waals surface area contributed by atoms with Crippen molar-refractivity contribution in [3.8, 4) is 0 Å². The fraction of sp³-hybridized carbons (Fsp3) is 0.273. The van der Waals surface area contributed by atoms with Crippen molar-refractivity contribution < 1.29 is 5.11 Å². The molecule has 0 saturated carbocycles. The van der Waals surface area contributed by atoms with Crippen LogP contribution in [0.1, 0.15) is 11.3 Å². The van der Waals surface area contributed by atoms with E-state index in [0.717, 1.165) is 12.0 Å². The topological polar surface area (TPSA) is 50.9 Å². The van der Waals surface area contributed by atoms with E-state index in [9.17, 15) is 0 Å². The molecule has 2 rings (SSSR count). The molecular weight excluding hydrogens is 261 g/mol. The van der Waals surface area contributed by atoms with Crippen molar-refractivity contribution in [2.45, 2.75) is 19.6 Å². The zero-order valence-corrected chi connectivity index (χ0v) is 10.5. The summed E-state index contributed by atoms with van der Waals surface area (Å²) in [5.41, 5.74) is 1.57. The van der Waals surface area contributed by atoms with Crippen molar-refractivity contribution in [1.82, 2.24) is 15.0 Å². The first-order valence-electron chi connectivity index (χ1n) is 5.13. The van der Waals surface area contributed by atoms with Crippen LogP contribution in [-0.2, 0) is 19.6 Å². The molecule has 0 saturated heterocycles. The summed E-state index contributed by atoms with van der Waals surface area (Å²) in [5, 5.41) is 17.8. The van der Waals surface area contributed by atoms with Gasteiger partial charge in [-0.1, -0.05) is 34.5 Å². The highest BCUT2D eigenvalue weighted by Crippen LogP contribution is 2.21. The van der Waals surface area contributed by atoms with Gasteiger partial charge in [0.25, 0.3) is 0 Å². The van der Waals surface area contributed by atoms with E-state index in [-0.39, 0.29) is 6.61 Å². The number of hydrogen-bond acceptors (Lipinski definition) is 3. The first-order chi connectivity index (χ1) is 8.19. The number of aliphatic hydroxyl groups is 1. The summed E-state index contributed by atoms with van der Waals surface area (Å²) in [6.07, 6.45) is 2.45. The number of halogens is 2. The van der Waals surface area contributed by atoms with Crippen LogP contribution in [-0.4, -0.2) is 20.1 Å². The second kappa shape index (κ2) is 5.49. The maximum atomic E-state index is 8.86. The van der Waals surface area contributed by atoms with E-state index in [1.54, 1.807) is 16.9 Å². The van der Waals surface area contributed by atoms with Gasteiger partial charge in [-0.25, -0.2) is 0 Å². The maximum absolute atomic E-state index is 8.86. The zero-order valence-electron chi connectivity index (χ0n) is 8.98. The summed E-state index contributed by atoms with van der Waals surface area (Å²) in [6, 6.07) is 5.43. The molecule has 2 aromatic rings. The standard InChI is InChI=1S/C11H11Cl2N3O/c12-9-2-1-8(11(13)5-9)3-4-16-6-10(7-17)14-15-16/h1-2,5-6,17H,3-4,7H2. The number of aliphatic hydroxyl groups excluding tert-OH is 1. The zero-order chi connectivity index (χ0) is 12.3. The van der Waals surface area contributed by atoms with Crippen molar-refractivity contribution >= 4 is 23.2 Å². The lowest BCUT2D eigenvalue weighted by atomic mass is 10.1. The molecule has 17 heavy (non-hydrogen) atoms. The molecule has 1 aromatic heterocycles. The van der Waals surface area contributed by atoms with Gasteiger partial charge in [0.05, 0.1) is 12.8 Å². The molecule has 90 valence electrons. The van der Waals surface area contributed by atoms with Gasteiger partial charge >= 0.3 is 0 Å². The average molecular weight is 272 g/mol. The predicted molar refractivity (Wildman–Crippen MR) is 66.1 cm³/mol. The number of aryl methyl sites for hydroxylation is 2. The number of hydrogen-bond donors (Lipinski definition) is 1. The Balaban J connectivity index is 2.02. The molecular formula is C11H11Cl2N3O. The van der Waals surface area contributed by atoms with Gasteiger partial charge in [-0.3, -0.25) is 4.68 Å². The second-order valence-electron chi connectivity index (χ2n) is 3.62. The number of rotatable bonds is 4. The van der Waals surface area contributed by atoms with Crippen LogP contribution in [0, 0.1) is 0 Å². The molecule has 0 radical (unpaired) electrons. The molecule has 0 bridgehead atoms. The largest absolute Gasteiger partial charge is 0.390 e. The van der Waals surface area contributed by atoms with E-state index < -0.39 is 0 Å². The second-order valence-corrected chi connectivity index (χ2v) is 4.46. The Morgan fingerprint density at radius 1 is 1.29 bits per heavy atom. The molecule has 0 amide bonds. The molecule has 1 N–H and O–H groups in total. The molecule has 1 heterocycles. The van der Waals surface area contributed by atoms with E-state index in [2.05, 4.69) is 10.3 Å². The third-order valence-corrected chi connectivity index (χ3v) is 2.96. The quantitative estimate of drug-likeness (QED) is 0.929. The van der Waals surface area contributed by atoms with Gasteiger partial charge in [-0.05, 0) is 24.1 Å². The van der Waals surface area contributed by atoms with Crippen LogP contribution in [0.4, 0.5) is 0 Å². The minimum atomic E-state index is -0.0955. The Labute approximate surface area is 109 Å². The molecule has 0 aliphatic carbocycles. The van der Waals surface area contributed by atoms with Crippen LogP contribution in [0.25, 0.3) is 0 Å². The van der Waals surface area contributed by atoms with Gasteiger partial charge < -0.3 is 5.11 Å².